The lowest BCUT2D eigenvalue weighted by Gasteiger charge is -2.46. The standard InChI is InChI=1S/C20H29ClN2O/c1-19(2)13-23(18(24)17-5-4-11-20(17,3)22)12-10-16(19)14-6-8-15(21)9-7-14/h6-9,16-17H,4-5,10-13,22H2,1-3H3/t16?,17-,20-/m0/s1. The number of benzene rings is 1. The van der Waals surface area contributed by atoms with Crippen LogP contribution in [-0.4, -0.2) is 29.4 Å². The summed E-state index contributed by atoms with van der Waals surface area (Å²) < 4.78 is 0. The minimum atomic E-state index is -0.339. The molecule has 3 rings (SSSR count). The summed E-state index contributed by atoms with van der Waals surface area (Å²) in [7, 11) is 0. The van der Waals surface area contributed by atoms with E-state index in [2.05, 4.69) is 30.9 Å². The van der Waals surface area contributed by atoms with Gasteiger partial charge in [-0.3, -0.25) is 4.79 Å². The number of piperidine rings is 1. The molecule has 0 bridgehead atoms. The summed E-state index contributed by atoms with van der Waals surface area (Å²) in [6, 6.07) is 8.17. The first-order valence-electron chi connectivity index (χ1n) is 9.04. The van der Waals surface area contributed by atoms with Crippen LogP contribution in [0, 0.1) is 11.3 Å². The molecule has 0 radical (unpaired) electrons. The van der Waals surface area contributed by atoms with Crippen LogP contribution in [0.5, 0.6) is 0 Å². The van der Waals surface area contributed by atoms with Gasteiger partial charge >= 0.3 is 0 Å². The van der Waals surface area contributed by atoms with E-state index in [1.54, 1.807) is 0 Å². The molecule has 2 fully saturated rings. The maximum atomic E-state index is 13.0. The normalized spacial score (nSPS) is 32.8. The van der Waals surface area contributed by atoms with Crippen molar-refractivity contribution in [3.63, 3.8) is 0 Å². The van der Waals surface area contributed by atoms with Gasteiger partial charge in [-0.15, -0.1) is 0 Å². The van der Waals surface area contributed by atoms with Crippen LogP contribution in [0.1, 0.15) is 57.9 Å². The van der Waals surface area contributed by atoms with Gasteiger partial charge < -0.3 is 10.6 Å². The monoisotopic (exact) mass is 348 g/mol. The third-order valence-corrected chi connectivity index (χ3v) is 6.37. The van der Waals surface area contributed by atoms with Gasteiger partial charge in [-0.2, -0.15) is 0 Å². The molecule has 1 aromatic rings. The van der Waals surface area contributed by atoms with Gasteiger partial charge in [-0.1, -0.05) is 44.0 Å². The average molecular weight is 349 g/mol. The molecule has 1 aromatic carbocycles. The van der Waals surface area contributed by atoms with Gasteiger partial charge in [-0.25, -0.2) is 0 Å². The Hall–Kier alpha value is -1.06. The topological polar surface area (TPSA) is 46.3 Å². The number of nitrogens with two attached hydrogens (primary N) is 1. The van der Waals surface area contributed by atoms with Gasteiger partial charge in [0.1, 0.15) is 0 Å². The first kappa shape index (κ1) is 17.8. The van der Waals surface area contributed by atoms with Gasteiger partial charge in [0, 0.05) is 23.7 Å². The van der Waals surface area contributed by atoms with Gasteiger partial charge in [0.15, 0.2) is 0 Å². The van der Waals surface area contributed by atoms with Crippen LogP contribution in [0.25, 0.3) is 0 Å². The quantitative estimate of drug-likeness (QED) is 0.870. The highest BCUT2D eigenvalue weighted by molar-refractivity contribution is 6.30. The zero-order chi connectivity index (χ0) is 17.5. The molecule has 1 saturated carbocycles. The summed E-state index contributed by atoms with van der Waals surface area (Å²) in [5.74, 6) is 0.701. The lowest BCUT2D eigenvalue weighted by atomic mass is 9.70. The number of rotatable bonds is 2. The fraction of sp³-hybridized carbons (Fsp3) is 0.650. The Morgan fingerprint density at radius 1 is 1.21 bits per heavy atom. The van der Waals surface area contributed by atoms with E-state index >= 15 is 0 Å². The van der Waals surface area contributed by atoms with Gasteiger partial charge in [-0.05, 0) is 55.2 Å². The van der Waals surface area contributed by atoms with Crippen LogP contribution in [0.15, 0.2) is 24.3 Å². The second-order valence-corrected chi connectivity index (χ2v) is 9.03. The SMILES string of the molecule is CC1(C)CN(C(=O)[C@@H]2CCC[C@]2(C)N)CCC1c1ccc(Cl)cc1. The minimum Gasteiger partial charge on any atom is -0.342 e. The number of carbonyl (C=O) groups excluding carboxylic acids is 1. The molecule has 24 heavy (non-hydrogen) atoms. The third-order valence-electron chi connectivity index (χ3n) is 6.12. The molecular weight excluding hydrogens is 320 g/mol. The van der Waals surface area contributed by atoms with E-state index < -0.39 is 0 Å². The van der Waals surface area contributed by atoms with Crippen LogP contribution >= 0.6 is 11.6 Å². The van der Waals surface area contributed by atoms with E-state index in [4.69, 9.17) is 17.3 Å². The van der Waals surface area contributed by atoms with Crippen molar-refractivity contribution in [2.75, 3.05) is 13.1 Å². The Kier molecular flexibility index (Phi) is 4.69. The fourth-order valence-electron chi connectivity index (χ4n) is 4.67. The van der Waals surface area contributed by atoms with Crippen molar-refractivity contribution < 1.29 is 4.79 Å². The molecule has 1 saturated heterocycles. The second-order valence-electron chi connectivity index (χ2n) is 8.59. The largest absolute Gasteiger partial charge is 0.342 e. The molecule has 3 nitrogen and oxygen atoms in total. The maximum absolute atomic E-state index is 13.0. The Labute approximate surface area is 150 Å². The number of amides is 1. The van der Waals surface area contributed by atoms with Crippen LogP contribution in [-0.2, 0) is 4.79 Å². The molecule has 1 aliphatic carbocycles. The molecule has 0 spiro atoms. The van der Waals surface area contributed by atoms with Crippen molar-refractivity contribution in [1.29, 1.82) is 0 Å². The molecule has 1 heterocycles. The van der Waals surface area contributed by atoms with Crippen molar-refractivity contribution in [2.45, 2.75) is 57.9 Å². The Morgan fingerprint density at radius 2 is 1.88 bits per heavy atom. The smallest absolute Gasteiger partial charge is 0.227 e. The van der Waals surface area contributed by atoms with Crippen molar-refractivity contribution in [1.82, 2.24) is 4.90 Å². The minimum absolute atomic E-state index is 0.0135. The summed E-state index contributed by atoms with van der Waals surface area (Å²) in [4.78, 5) is 15.1. The number of halogens is 1. The van der Waals surface area contributed by atoms with Crippen LogP contribution in [0.4, 0.5) is 0 Å². The molecular formula is C20H29ClN2O. The van der Waals surface area contributed by atoms with E-state index in [1.165, 1.54) is 5.56 Å². The lowest BCUT2D eigenvalue weighted by molar-refractivity contribution is -0.140. The van der Waals surface area contributed by atoms with Gasteiger partial charge in [0.05, 0.1) is 5.92 Å². The highest BCUT2D eigenvalue weighted by Crippen LogP contribution is 2.44. The lowest BCUT2D eigenvalue weighted by Crippen LogP contribution is -2.53. The zero-order valence-corrected chi connectivity index (χ0v) is 15.8. The van der Waals surface area contributed by atoms with Gasteiger partial charge in [0.2, 0.25) is 5.91 Å². The molecule has 1 amide bonds. The Morgan fingerprint density at radius 3 is 2.42 bits per heavy atom. The summed E-state index contributed by atoms with van der Waals surface area (Å²) in [6.45, 7) is 8.19. The van der Waals surface area contributed by atoms with Crippen molar-refractivity contribution in [3.05, 3.63) is 34.9 Å². The summed E-state index contributed by atoms with van der Waals surface area (Å²) >= 11 is 6.02. The predicted octanol–water partition coefficient (Wildman–Crippen LogP) is 4.20. The molecule has 132 valence electrons. The molecule has 0 aromatic heterocycles. The Balaban J connectivity index is 1.73. The zero-order valence-electron chi connectivity index (χ0n) is 15.0. The number of hydrogen-bond acceptors (Lipinski definition) is 2. The average Bonchev–Trinajstić information content (AvgIpc) is 2.86. The van der Waals surface area contributed by atoms with Crippen molar-refractivity contribution in [3.8, 4) is 0 Å². The second kappa shape index (κ2) is 6.34. The molecule has 2 aliphatic rings. The molecule has 1 aliphatic heterocycles. The molecule has 4 heteroatoms. The van der Waals surface area contributed by atoms with E-state index in [9.17, 15) is 4.79 Å². The summed E-state index contributed by atoms with van der Waals surface area (Å²) in [5, 5.41) is 0.771. The predicted molar refractivity (Wildman–Crippen MR) is 99.1 cm³/mol. The highest BCUT2D eigenvalue weighted by Gasteiger charge is 2.45. The molecule has 3 atom stereocenters. The summed E-state index contributed by atoms with van der Waals surface area (Å²) in [5.41, 5.74) is 7.40. The van der Waals surface area contributed by atoms with Crippen molar-refractivity contribution in [2.24, 2.45) is 17.1 Å². The highest BCUT2D eigenvalue weighted by atomic mass is 35.5. The van der Waals surface area contributed by atoms with Crippen LogP contribution in [0.3, 0.4) is 0 Å². The molecule has 1 unspecified atom stereocenters. The Bertz CT molecular complexity index is 609. The number of nitrogens with zero attached hydrogens (tertiary/aromatic N) is 1. The first-order chi connectivity index (χ1) is 11.2. The number of likely N-dealkylation sites (tertiary alicyclic amines) is 1. The van der Waals surface area contributed by atoms with Crippen molar-refractivity contribution >= 4 is 17.5 Å². The summed E-state index contributed by atoms with van der Waals surface area (Å²) in [6.07, 6.45) is 3.94. The van der Waals surface area contributed by atoms with E-state index in [0.717, 1.165) is 43.8 Å². The van der Waals surface area contributed by atoms with E-state index in [-0.39, 0.29) is 22.8 Å². The first-order valence-corrected chi connectivity index (χ1v) is 9.42. The van der Waals surface area contributed by atoms with E-state index in [1.807, 2.05) is 19.1 Å². The van der Waals surface area contributed by atoms with Gasteiger partial charge in [0.25, 0.3) is 0 Å². The van der Waals surface area contributed by atoms with E-state index in [0.29, 0.717) is 5.92 Å². The number of hydrogen-bond donors (Lipinski definition) is 1. The third kappa shape index (κ3) is 3.34. The number of carbonyl (C=O) groups is 1. The van der Waals surface area contributed by atoms with Crippen LogP contribution in [0.2, 0.25) is 5.02 Å². The fourth-order valence-corrected chi connectivity index (χ4v) is 4.80. The molecule has 2 N–H and O–H groups in total. The van der Waals surface area contributed by atoms with Crippen LogP contribution < -0.4 is 5.73 Å². The maximum Gasteiger partial charge on any atom is 0.227 e.